The maximum absolute atomic E-state index is 12.6. The topological polar surface area (TPSA) is 70.5 Å². The molecule has 0 aliphatic carbocycles. The SMILES string of the molecule is CSc1cc(-c2ccccc2)nc2c1C(=O)N(C(=O)O)C(C)C2. The van der Waals surface area contributed by atoms with Crippen LogP contribution in [-0.4, -0.2) is 39.3 Å². The van der Waals surface area contributed by atoms with Gasteiger partial charge in [-0.3, -0.25) is 9.78 Å². The number of hydrogen-bond donors (Lipinski definition) is 1. The number of rotatable bonds is 2. The van der Waals surface area contributed by atoms with Crippen LogP contribution in [0.3, 0.4) is 0 Å². The Morgan fingerprint density at radius 3 is 2.65 bits per heavy atom. The van der Waals surface area contributed by atoms with Gasteiger partial charge < -0.3 is 5.11 Å². The van der Waals surface area contributed by atoms with E-state index in [1.165, 1.54) is 11.8 Å². The highest BCUT2D eigenvalue weighted by molar-refractivity contribution is 7.98. The summed E-state index contributed by atoms with van der Waals surface area (Å²) >= 11 is 1.43. The third-order valence-electron chi connectivity index (χ3n) is 3.92. The standard InChI is InChI=1S/C17H16N2O3S/c1-10-8-13-15(16(20)19(10)17(21)22)14(23-2)9-12(18-13)11-6-4-3-5-7-11/h3-7,9-10H,8H2,1-2H3,(H,21,22). The quantitative estimate of drug-likeness (QED) is 0.854. The highest BCUT2D eigenvalue weighted by Crippen LogP contribution is 2.33. The minimum atomic E-state index is -1.22. The predicted octanol–water partition coefficient (Wildman–Crippen LogP) is 3.54. The first kappa shape index (κ1) is 15.6. The number of benzene rings is 1. The first-order valence-corrected chi connectivity index (χ1v) is 8.45. The molecule has 1 aliphatic rings. The molecule has 2 aromatic rings. The fourth-order valence-electron chi connectivity index (χ4n) is 2.83. The first-order valence-electron chi connectivity index (χ1n) is 7.22. The zero-order chi connectivity index (χ0) is 16.6. The minimum absolute atomic E-state index is 0.415. The van der Waals surface area contributed by atoms with Gasteiger partial charge in [-0.05, 0) is 19.2 Å². The largest absolute Gasteiger partial charge is 0.465 e. The number of carbonyl (C=O) groups is 2. The third-order valence-corrected chi connectivity index (χ3v) is 4.68. The number of fused-ring (bicyclic) bond motifs is 1. The van der Waals surface area contributed by atoms with E-state index in [9.17, 15) is 14.7 Å². The molecule has 1 aromatic heterocycles. The van der Waals surface area contributed by atoms with Gasteiger partial charge in [0.15, 0.2) is 0 Å². The van der Waals surface area contributed by atoms with E-state index in [2.05, 4.69) is 4.98 Å². The van der Waals surface area contributed by atoms with Gasteiger partial charge in [0.05, 0.1) is 17.0 Å². The number of thioether (sulfide) groups is 1. The molecule has 23 heavy (non-hydrogen) atoms. The first-order chi connectivity index (χ1) is 11.0. The second-order valence-corrected chi connectivity index (χ2v) is 6.26. The van der Waals surface area contributed by atoms with Crippen molar-refractivity contribution in [1.82, 2.24) is 9.88 Å². The fraction of sp³-hybridized carbons (Fsp3) is 0.235. The molecule has 1 atom stereocenters. The number of amides is 2. The van der Waals surface area contributed by atoms with Crippen molar-refractivity contribution in [2.75, 3.05) is 6.26 Å². The molecule has 0 saturated heterocycles. The van der Waals surface area contributed by atoms with Crippen LogP contribution in [0, 0.1) is 0 Å². The molecule has 3 rings (SSSR count). The Bertz CT molecular complexity index is 777. The normalized spacial score (nSPS) is 17.0. The molecular formula is C17H16N2O3S. The van der Waals surface area contributed by atoms with Crippen LogP contribution in [0.15, 0.2) is 41.3 Å². The summed E-state index contributed by atoms with van der Waals surface area (Å²) in [6.07, 6.45) is 1.09. The lowest BCUT2D eigenvalue weighted by molar-refractivity contribution is 0.0650. The van der Waals surface area contributed by atoms with Gasteiger partial charge in [0.25, 0.3) is 5.91 Å². The summed E-state index contributed by atoms with van der Waals surface area (Å²) < 4.78 is 0. The highest BCUT2D eigenvalue weighted by Gasteiger charge is 2.37. The van der Waals surface area contributed by atoms with Crippen LogP contribution in [-0.2, 0) is 6.42 Å². The van der Waals surface area contributed by atoms with Crippen molar-refractivity contribution in [2.24, 2.45) is 0 Å². The maximum atomic E-state index is 12.6. The summed E-state index contributed by atoms with van der Waals surface area (Å²) in [6, 6.07) is 11.2. The van der Waals surface area contributed by atoms with Gasteiger partial charge in [-0.15, -0.1) is 11.8 Å². The van der Waals surface area contributed by atoms with Crippen LogP contribution in [0.2, 0.25) is 0 Å². The molecular weight excluding hydrogens is 312 g/mol. The molecule has 6 heteroatoms. The van der Waals surface area contributed by atoms with Gasteiger partial charge in [-0.2, -0.15) is 0 Å². The molecule has 0 saturated carbocycles. The summed E-state index contributed by atoms with van der Waals surface area (Å²) in [5.41, 5.74) is 2.87. The molecule has 2 heterocycles. The van der Waals surface area contributed by atoms with Crippen molar-refractivity contribution in [3.05, 3.63) is 47.7 Å². The molecule has 0 radical (unpaired) electrons. The second-order valence-electron chi connectivity index (χ2n) is 5.41. The zero-order valence-electron chi connectivity index (χ0n) is 12.8. The molecule has 5 nitrogen and oxygen atoms in total. The molecule has 1 N–H and O–H groups in total. The third kappa shape index (κ3) is 2.70. The summed E-state index contributed by atoms with van der Waals surface area (Å²) in [4.78, 5) is 30.2. The predicted molar refractivity (Wildman–Crippen MR) is 88.8 cm³/mol. The van der Waals surface area contributed by atoms with Gasteiger partial charge in [0, 0.05) is 22.9 Å². The summed E-state index contributed by atoms with van der Waals surface area (Å²) in [5, 5.41) is 9.28. The van der Waals surface area contributed by atoms with Gasteiger partial charge in [-0.1, -0.05) is 30.3 Å². The molecule has 1 unspecified atom stereocenters. The van der Waals surface area contributed by atoms with E-state index in [0.29, 0.717) is 17.7 Å². The van der Waals surface area contributed by atoms with Crippen LogP contribution < -0.4 is 0 Å². The molecule has 118 valence electrons. The number of carboxylic acid groups (broad SMARTS) is 1. The summed E-state index contributed by atoms with van der Waals surface area (Å²) in [5.74, 6) is -0.484. The molecule has 1 aliphatic heterocycles. The zero-order valence-corrected chi connectivity index (χ0v) is 13.6. The van der Waals surface area contributed by atoms with Crippen LogP contribution in [0.5, 0.6) is 0 Å². The van der Waals surface area contributed by atoms with Crippen molar-refractivity contribution in [3.8, 4) is 11.3 Å². The Kier molecular flexibility index (Phi) is 4.09. The van der Waals surface area contributed by atoms with E-state index in [0.717, 1.165) is 21.1 Å². The van der Waals surface area contributed by atoms with Crippen LogP contribution in [0.25, 0.3) is 11.3 Å². The van der Waals surface area contributed by atoms with E-state index in [-0.39, 0.29) is 0 Å². The van der Waals surface area contributed by atoms with Crippen molar-refractivity contribution in [3.63, 3.8) is 0 Å². The number of carbonyl (C=O) groups excluding carboxylic acids is 1. The Hall–Kier alpha value is -2.34. The van der Waals surface area contributed by atoms with E-state index < -0.39 is 18.0 Å². The summed E-state index contributed by atoms with van der Waals surface area (Å²) in [7, 11) is 0. The minimum Gasteiger partial charge on any atom is -0.465 e. The number of imide groups is 1. The Morgan fingerprint density at radius 1 is 1.35 bits per heavy atom. The molecule has 0 fully saturated rings. The van der Waals surface area contributed by atoms with Crippen molar-refractivity contribution in [2.45, 2.75) is 24.3 Å². The number of hydrogen-bond acceptors (Lipinski definition) is 4. The van der Waals surface area contributed by atoms with Crippen molar-refractivity contribution >= 4 is 23.8 Å². The number of nitrogens with zero attached hydrogens (tertiary/aromatic N) is 2. The average molecular weight is 328 g/mol. The number of aromatic nitrogens is 1. The molecule has 0 spiro atoms. The van der Waals surface area contributed by atoms with E-state index in [4.69, 9.17) is 0 Å². The van der Waals surface area contributed by atoms with Crippen LogP contribution in [0.4, 0.5) is 4.79 Å². The molecule has 1 aromatic carbocycles. The van der Waals surface area contributed by atoms with Gasteiger partial charge in [0.1, 0.15) is 0 Å². The lowest BCUT2D eigenvalue weighted by atomic mass is 9.98. The van der Waals surface area contributed by atoms with Crippen LogP contribution >= 0.6 is 11.8 Å². The Labute approximate surface area is 138 Å². The Balaban J connectivity index is 2.16. The Morgan fingerprint density at radius 2 is 2.04 bits per heavy atom. The van der Waals surface area contributed by atoms with Gasteiger partial charge in [-0.25, -0.2) is 9.69 Å². The van der Waals surface area contributed by atoms with E-state index in [1.54, 1.807) is 6.92 Å². The van der Waals surface area contributed by atoms with Crippen LogP contribution in [0.1, 0.15) is 23.0 Å². The average Bonchev–Trinajstić information content (AvgIpc) is 2.54. The lowest BCUT2D eigenvalue weighted by Crippen LogP contribution is -2.47. The smallest absolute Gasteiger partial charge is 0.414 e. The van der Waals surface area contributed by atoms with E-state index >= 15 is 0 Å². The van der Waals surface area contributed by atoms with Gasteiger partial charge >= 0.3 is 6.09 Å². The molecule has 2 amide bonds. The second kappa shape index (κ2) is 6.04. The van der Waals surface area contributed by atoms with Gasteiger partial charge in [0.2, 0.25) is 0 Å². The monoisotopic (exact) mass is 328 g/mol. The lowest BCUT2D eigenvalue weighted by Gasteiger charge is -2.31. The van der Waals surface area contributed by atoms with E-state index in [1.807, 2.05) is 42.7 Å². The number of pyridine rings is 1. The summed E-state index contributed by atoms with van der Waals surface area (Å²) in [6.45, 7) is 1.73. The van der Waals surface area contributed by atoms with Crippen molar-refractivity contribution < 1.29 is 14.7 Å². The molecule has 0 bridgehead atoms. The fourth-order valence-corrected chi connectivity index (χ4v) is 3.47. The maximum Gasteiger partial charge on any atom is 0.414 e. The highest BCUT2D eigenvalue weighted by atomic mass is 32.2. The van der Waals surface area contributed by atoms with Crippen molar-refractivity contribution in [1.29, 1.82) is 0 Å².